The van der Waals surface area contributed by atoms with Crippen molar-refractivity contribution in [1.29, 1.82) is 5.26 Å². The fraction of sp³-hybridized carbons (Fsp3) is 0.100. The monoisotopic (exact) mass is 175 g/mol. The molecule has 0 aliphatic carbocycles. The number of hydrogen-bond donors (Lipinski definition) is 2. The Hall–Kier alpha value is -1.95. The molecular weight excluding hydrogens is 166 g/mol. The molecule has 0 amide bonds. The number of phenols is 2. The summed E-state index contributed by atoms with van der Waals surface area (Å²) < 4.78 is 0. The molecule has 0 heterocycles. The van der Waals surface area contributed by atoms with Crippen LogP contribution < -0.4 is 0 Å². The maximum atomic E-state index is 9.22. The molecule has 1 aromatic rings. The lowest BCUT2D eigenvalue weighted by molar-refractivity contribution is 0.401. The molecule has 0 atom stereocenters. The van der Waals surface area contributed by atoms with E-state index in [1.54, 1.807) is 19.1 Å². The maximum absolute atomic E-state index is 9.22. The molecule has 0 aliphatic heterocycles. The molecule has 0 unspecified atom stereocenters. The van der Waals surface area contributed by atoms with Crippen LogP contribution in [0.2, 0.25) is 0 Å². The highest BCUT2D eigenvalue weighted by Crippen LogP contribution is 2.29. The SMILES string of the molecule is Cc1cc(/C=C/C#N)cc(O)c1O. The number of allylic oxidation sites excluding steroid dienone is 1. The number of aromatic hydroxyl groups is 2. The van der Waals surface area contributed by atoms with E-state index >= 15 is 0 Å². The molecule has 0 aromatic heterocycles. The smallest absolute Gasteiger partial charge is 0.160 e. The molecule has 0 aliphatic rings. The number of benzene rings is 1. The van der Waals surface area contributed by atoms with E-state index in [4.69, 9.17) is 5.26 Å². The summed E-state index contributed by atoms with van der Waals surface area (Å²) >= 11 is 0. The summed E-state index contributed by atoms with van der Waals surface area (Å²) in [5, 5.41) is 26.7. The third kappa shape index (κ3) is 2.00. The number of rotatable bonds is 1. The van der Waals surface area contributed by atoms with Crippen molar-refractivity contribution >= 4 is 6.08 Å². The molecule has 0 bridgehead atoms. The maximum Gasteiger partial charge on any atom is 0.160 e. The average Bonchev–Trinajstić information content (AvgIpc) is 2.10. The Morgan fingerprint density at radius 1 is 1.38 bits per heavy atom. The van der Waals surface area contributed by atoms with E-state index in [9.17, 15) is 10.2 Å². The van der Waals surface area contributed by atoms with Gasteiger partial charge in [-0.25, -0.2) is 0 Å². The van der Waals surface area contributed by atoms with Crippen molar-refractivity contribution in [3.63, 3.8) is 0 Å². The minimum Gasteiger partial charge on any atom is -0.504 e. The number of phenolic OH excluding ortho intramolecular Hbond substituents is 2. The van der Waals surface area contributed by atoms with Crippen LogP contribution in [0.3, 0.4) is 0 Å². The highest BCUT2D eigenvalue weighted by Gasteiger charge is 2.03. The van der Waals surface area contributed by atoms with E-state index in [0.717, 1.165) is 0 Å². The quantitative estimate of drug-likeness (QED) is 0.506. The van der Waals surface area contributed by atoms with Crippen LogP contribution in [-0.4, -0.2) is 10.2 Å². The number of nitriles is 1. The third-order valence-corrected chi connectivity index (χ3v) is 1.65. The molecule has 3 heteroatoms. The van der Waals surface area contributed by atoms with Crippen LogP contribution in [0.5, 0.6) is 11.5 Å². The molecule has 0 radical (unpaired) electrons. The van der Waals surface area contributed by atoms with Gasteiger partial charge in [-0.15, -0.1) is 0 Å². The predicted octanol–water partition coefficient (Wildman–Crippen LogP) is 1.94. The topological polar surface area (TPSA) is 64.2 Å². The highest BCUT2D eigenvalue weighted by molar-refractivity contribution is 5.59. The van der Waals surface area contributed by atoms with Gasteiger partial charge in [0.05, 0.1) is 6.07 Å². The first kappa shape index (κ1) is 9.14. The summed E-state index contributed by atoms with van der Waals surface area (Å²) in [4.78, 5) is 0. The lowest BCUT2D eigenvalue weighted by Crippen LogP contribution is -1.79. The van der Waals surface area contributed by atoms with Gasteiger partial charge in [-0.1, -0.05) is 0 Å². The van der Waals surface area contributed by atoms with Crippen molar-refractivity contribution in [1.82, 2.24) is 0 Å². The summed E-state index contributed by atoms with van der Waals surface area (Å²) in [6.07, 6.45) is 2.87. The van der Waals surface area contributed by atoms with E-state index in [-0.39, 0.29) is 11.5 Å². The summed E-state index contributed by atoms with van der Waals surface area (Å²) in [5.41, 5.74) is 1.27. The van der Waals surface area contributed by atoms with E-state index in [1.807, 2.05) is 6.07 Å². The van der Waals surface area contributed by atoms with E-state index in [2.05, 4.69) is 0 Å². The zero-order valence-corrected chi connectivity index (χ0v) is 7.15. The predicted molar refractivity (Wildman–Crippen MR) is 49.2 cm³/mol. The molecule has 66 valence electrons. The Kier molecular flexibility index (Phi) is 2.56. The highest BCUT2D eigenvalue weighted by atomic mass is 16.3. The van der Waals surface area contributed by atoms with Gasteiger partial charge in [-0.2, -0.15) is 5.26 Å². The van der Waals surface area contributed by atoms with Crippen LogP contribution in [0.25, 0.3) is 6.08 Å². The average molecular weight is 175 g/mol. The molecule has 0 saturated carbocycles. The lowest BCUT2D eigenvalue weighted by atomic mass is 10.1. The normalized spacial score (nSPS) is 10.2. The van der Waals surface area contributed by atoms with E-state index in [0.29, 0.717) is 11.1 Å². The first-order valence-electron chi connectivity index (χ1n) is 3.74. The standard InChI is InChI=1S/C10H9NO2/c1-7-5-8(3-2-4-11)6-9(12)10(7)13/h2-3,5-6,12-13H,1H3/b3-2+. The summed E-state index contributed by atoms with van der Waals surface area (Å²) in [5.74, 6) is -0.285. The van der Waals surface area contributed by atoms with Crippen LogP contribution in [0, 0.1) is 18.3 Å². The van der Waals surface area contributed by atoms with E-state index < -0.39 is 0 Å². The first-order valence-corrected chi connectivity index (χ1v) is 3.74. The number of aryl methyl sites for hydroxylation is 1. The van der Waals surface area contributed by atoms with Gasteiger partial charge in [-0.3, -0.25) is 0 Å². The Labute approximate surface area is 76.2 Å². The van der Waals surface area contributed by atoms with Crippen molar-refractivity contribution in [3.8, 4) is 17.6 Å². The molecule has 0 fully saturated rings. The van der Waals surface area contributed by atoms with Crippen LogP contribution in [0.4, 0.5) is 0 Å². The Bertz CT molecular complexity index is 365. The van der Waals surface area contributed by atoms with Crippen LogP contribution >= 0.6 is 0 Å². The van der Waals surface area contributed by atoms with Gasteiger partial charge >= 0.3 is 0 Å². The molecule has 0 saturated heterocycles. The largest absolute Gasteiger partial charge is 0.504 e. The van der Waals surface area contributed by atoms with Crippen LogP contribution in [0.15, 0.2) is 18.2 Å². The molecule has 0 spiro atoms. The number of hydrogen-bond acceptors (Lipinski definition) is 3. The van der Waals surface area contributed by atoms with Crippen LogP contribution in [0.1, 0.15) is 11.1 Å². The van der Waals surface area contributed by atoms with Gasteiger partial charge in [0.1, 0.15) is 0 Å². The van der Waals surface area contributed by atoms with Crippen LogP contribution in [-0.2, 0) is 0 Å². The second-order valence-electron chi connectivity index (χ2n) is 2.67. The molecular formula is C10H9NO2. The molecule has 1 rings (SSSR count). The van der Waals surface area contributed by atoms with Gasteiger partial charge in [0.25, 0.3) is 0 Å². The fourth-order valence-electron chi connectivity index (χ4n) is 1.02. The summed E-state index contributed by atoms with van der Waals surface area (Å²) in [7, 11) is 0. The van der Waals surface area contributed by atoms with Crippen molar-refractivity contribution in [2.24, 2.45) is 0 Å². The molecule has 13 heavy (non-hydrogen) atoms. The second-order valence-corrected chi connectivity index (χ2v) is 2.67. The molecule has 2 N–H and O–H groups in total. The van der Waals surface area contributed by atoms with Gasteiger partial charge in [-0.05, 0) is 36.3 Å². The van der Waals surface area contributed by atoms with E-state index in [1.165, 1.54) is 12.1 Å². The van der Waals surface area contributed by atoms with Crippen molar-refractivity contribution in [2.45, 2.75) is 6.92 Å². The first-order chi connectivity index (χ1) is 6.15. The third-order valence-electron chi connectivity index (χ3n) is 1.65. The second kappa shape index (κ2) is 3.63. The lowest BCUT2D eigenvalue weighted by Gasteiger charge is -2.02. The zero-order valence-electron chi connectivity index (χ0n) is 7.15. The van der Waals surface area contributed by atoms with Crippen molar-refractivity contribution < 1.29 is 10.2 Å². The molecule has 3 nitrogen and oxygen atoms in total. The van der Waals surface area contributed by atoms with Crippen molar-refractivity contribution in [3.05, 3.63) is 29.3 Å². The van der Waals surface area contributed by atoms with Crippen molar-refractivity contribution in [2.75, 3.05) is 0 Å². The minimum atomic E-state index is -0.169. The van der Waals surface area contributed by atoms with Gasteiger partial charge in [0.15, 0.2) is 11.5 Å². The summed E-state index contributed by atoms with van der Waals surface area (Å²) in [6.45, 7) is 1.68. The van der Waals surface area contributed by atoms with Gasteiger partial charge < -0.3 is 10.2 Å². The zero-order chi connectivity index (χ0) is 9.84. The van der Waals surface area contributed by atoms with Gasteiger partial charge in [0, 0.05) is 6.08 Å². The fourth-order valence-corrected chi connectivity index (χ4v) is 1.02. The summed E-state index contributed by atoms with van der Waals surface area (Å²) in [6, 6.07) is 4.93. The van der Waals surface area contributed by atoms with Gasteiger partial charge in [0.2, 0.25) is 0 Å². The Balaban J connectivity index is 3.15. The molecule has 1 aromatic carbocycles. The Morgan fingerprint density at radius 2 is 2.08 bits per heavy atom. The number of nitrogens with zero attached hydrogens (tertiary/aromatic N) is 1. The Morgan fingerprint density at radius 3 is 2.62 bits per heavy atom. The minimum absolute atomic E-state index is 0.117.